The second kappa shape index (κ2) is 11.4. The van der Waals surface area contributed by atoms with Crippen LogP contribution in [-0.2, 0) is 4.79 Å². The monoisotopic (exact) mass is 492 g/mol. The Morgan fingerprint density at radius 2 is 1.71 bits per heavy atom. The number of piperazine rings is 1. The number of aromatic nitrogens is 1. The van der Waals surface area contributed by atoms with E-state index < -0.39 is 0 Å². The number of nitrogens with one attached hydrogen (secondary N) is 1. The smallest absolute Gasteiger partial charge is 0.234 e. The SMILES string of the molecule is O=C(CSc1nc(-c2ccccc2)cs1)Nc1ccc(N2CCN(C3CCCCC3)CC2)cc1. The lowest BCUT2D eigenvalue weighted by Crippen LogP contribution is -2.50. The third-order valence-corrected chi connectivity index (χ3v) is 8.82. The van der Waals surface area contributed by atoms with Crippen molar-refractivity contribution in [2.45, 2.75) is 42.5 Å². The van der Waals surface area contributed by atoms with E-state index in [1.807, 2.05) is 35.7 Å². The van der Waals surface area contributed by atoms with Gasteiger partial charge in [-0.1, -0.05) is 61.4 Å². The molecule has 0 atom stereocenters. The molecule has 1 N–H and O–H groups in total. The standard InChI is InChI=1S/C27H32N4OS2/c32-26(20-34-27-29-25(19-33-27)21-7-3-1-4-8-21)28-22-11-13-24(14-12-22)31-17-15-30(16-18-31)23-9-5-2-6-10-23/h1,3-4,7-8,11-14,19,23H,2,5-6,9-10,15-18,20H2,(H,28,32). The Kier molecular flexibility index (Phi) is 7.83. The topological polar surface area (TPSA) is 48.5 Å². The molecular weight excluding hydrogens is 460 g/mol. The number of thioether (sulfide) groups is 1. The van der Waals surface area contributed by atoms with Crippen molar-refractivity contribution in [2.75, 3.05) is 42.1 Å². The molecule has 2 aliphatic rings. The van der Waals surface area contributed by atoms with Gasteiger partial charge in [-0.2, -0.15) is 0 Å². The molecule has 1 aliphatic heterocycles. The van der Waals surface area contributed by atoms with E-state index in [1.54, 1.807) is 11.3 Å². The molecule has 1 aliphatic carbocycles. The summed E-state index contributed by atoms with van der Waals surface area (Å²) in [5.74, 6) is 0.349. The Morgan fingerprint density at radius 1 is 0.971 bits per heavy atom. The normalized spacial score (nSPS) is 17.6. The molecule has 0 bridgehead atoms. The quantitative estimate of drug-likeness (QED) is 0.410. The van der Waals surface area contributed by atoms with Crippen molar-refractivity contribution in [1.82, 2.24) is 9.88 Å². The van der Waals surface area contributed by atoms with Gasteiger partial charge in [-0.05, 0) is 37.1 Å². The number of hydrogen-bond donors (Lipinski definition) is 1. The van der Waals surface area contributed by atoms with Crippen molar-refractivity contribution in [1.29, 1.82) is 0 Å². The van der Waals surface area contributed by atoms with Crippen LogP contribution in [0.1, 0.15) is 32.1 Å². The van der Waals surface area contributed by atoms with Crippen molar-refractivity contribution < 1.29 is 4.79 Å². The van der Waals surface area contributed by atoms with Crippen LogP contribution in [-0.4, -0.2) is 53.8 Å². The second-order valence-electron chi connectivity index (χ2n) is 9.06. The van der Waals surface area contributed by atoms with E-state index in [1.165, 1.54) is 49.6 Å². The first-order chi connectivity index (χ1) is 16.7. The van der Waals surface area contributed by atoms with Gasteiger partial charge in [0.2, 0.25) is 5.91 Å². The molecule has 34 heavy (non-hydrogen) atoms. The molecule has 0 unspecified atom stereocenters. The van der Waals surface area contributed by atoms with E-state index in [-0.39, 0.29) is 5.91 Å². The number of rotatable bonds is 7. The first-order valence-corrected chi connectivity index (χ1v) is 14.1. The summed E-state index contributed by atoms with van der Waals surface area (Å²) in [4.78, 5) is 22.3. The average Bonchev–Trinajstić information content (AvgIpc) is 3.38. The van der Waals surface area contributed by atoms with Crippen molar-refractivity contribution in [3.63, 3.8) is 0 Å². The Bertz CT molecular complexity index is 1060. The summed E-state index contributed by atoms with van der Waals surface area (Å²) in [6, 6.07) is 19.2. The number of anilines is 2. The number of thiazole rings is 1. The third kappa shape index (κ3) is 6.01. The maximum atomic E-state index is 12.5. The van der Waals surface area contributed by atoms with Crippen LogP contribution in [0, 0.1) is 0 Å². The van der Waals surface area contributed by atoms with Crippen LogP contribution in [0.4, 0.5) is 11.4 Å². The molecule has 5 rings (SSSR count). The van der Waals surface area contributed by atoms with E-state index in [0.717, 1.165) is 53.5 Å². The van der Waals surface area contributed by atoms with Crippen LogP contribution in [0.2, 0.25) is 0 Å². The van der Waals surface area contributed by atoms with E-state index in [4.69, 9.17) is 0 Å². The molecule has 0 radical (unpaired) electrons. The second-order valence-corrected chi connectivity index (χ2v) is 11.1. The summed E-state index contributed by atoms with van der Waals surface area (Å²) in [6.07, 6.45) is 6.97. The Labute approximate surface area is 210 Å². The zero-order valence-corrected chi connectivity index (χ0v) is 21.1. The minimum absolute atomic E-state index is 0.00435. The molecule has 2 aromatic carbocycles. The fourth-order valence-corrected chi connectivity index (χ4v) is 6.57. The molecule has 1 amide bonds. The lowest BCUT2D eigenvalue weighted by Gasteiger charge is -2.41. The average molecular weight is 493 g/mol. The molecule has 1 aromatic heterocycles. The van der Waals surface area contributed by atoms with Crippen LogP contribution in [0.25, 0.3) is 11.3 Å². The first-order valence-electron chi connectivity index (χ1n) is 12.3. The maximum Gasteiger partial charge on any atom is 0.234 e. The number of benzene rings is 2. The van der Waals surface area contributed by atoms with Gasteiger partial charge in [0.1, 0.15) is 0 Å². The molecule has 5 nitrogen and oxygen atoms in total. The largest absolute Gasteiger partial charge is 0.369 e. The van der Waals surface area contributed by atoms with Crippen LogP contribution in [0.3, 0.4) is 0 Å². The lowest BCUT2D eigenvalue weighted by atomic mass is 9.94. The molecule has 1 saturated heterocycles. The predicted molar refractivity (Wildman–Crippen MR) is 144 cm³/mol. The molecule has 7 heteroatoms. The van der Waals surface area contributed by atoms with Gasteiger partial charge in [-0.3, -0.25) is 9.69 Å². The summed E-state index contributed by atoms with van der Waals surface area (Å²) in [7, 11) is 0. The minimum Gasteiger partial charge on any atom is -0.369 e. The fraction of sp³-hybridized carbons (Fsp3) is 0.407. The number of amides is 1. The highest BCUT2D eigenvalue weighted by Gasteiger charge is 2.25. The van der Waals surface area contributed by atoms with Gasteiger partial charge in [0.25, 0.3) is 0 Å². The van der Waals surface area contributed by atoms with E-state index in [9.17, 15) is 4.79 Å². The molecule has 2 fully saturated rings. The zero-order valence-electron chi connectivity index (χ0n) is 19.5. The van der Waals surface area contributed by atoms with Crippen molar-refractivity contribution in [2.24, 2.45) is 0 Å². The Morgan fingerprint density at radius 3 is 2.44 bits per heavy atom. The maximum absolute atomic E-state index is 12.5. The molecule has 3 aromatic rings. The Balaban J connectivity index is 1.07. The van der Waals surface area contributed by atoms with E-state index in [2.05, 4.69) is 44.4 Å². The summed E-state index contributed by atoms with van der Waals surface area (Å²) in [5.41, 5.74) is 4.15. The Hall–Kier alpha value is -2.35. The molecular formula is C27H32N4OS2. The van der Waals surface area contributed by atoms with Gasteiger partial charge < -0.3 is 10.2 Å². The minimum atomic E-state index is -0.00435. The summed E-state index contributed by atoms with van der Waals surface area (Å²) < 4.78 is 0.914. The highest BCUT2D eigenvalue weighted by Crippen LogP contribution is 2.29. The van der Waals surface area contributed by atoms with Crippen molar-refractivity contribution >= 4 is 40.4 Å². The molecule has 1 saturated carbocycles. The van der Waals surface area contributed by atoms with Gasteiger partial charge >= 0.3 is 0 Å². The van der Waals surface area contributed by atoms with Crippen molar-refractivity contribution in [3.8, 4) is 11.3 Å². The summed E-state index contributed by atoms with van der Waals surface area (Å²) in [5, 5.41) is 5.07. The van der Waals surface area contributed by atoms with Crippen LogP contribution in [0.5, 0.6) is 0 Å². The first kappa shape index (κ1) is 23.4. The van der Waals surface area contributed by atoms with Gasteiger partial charge in [0, 0.05) is 54.5 Å². The van der Waals surface area contributed by atoms with E-state index >= 15 is 0 Å². The predicted octanol–water partition coefficient (Wildman–Crippen LogP) is 6.00. The molecule has 178 valence electrons. The number of carbonyl (C=O) groups excluding carboxylic acids is 1. The highest BCUT2D eigenvalue weighted by atomic mass is 32.2. The van der Waals surface area contributed by atoms with Gasteiger partial charge in [-0.15, -0.1) is 11.3 Å². The number of carbonyl (C=O) groups is 1. The summed E-state index contributed by atoms with van der Waals surface area (Å²) >= 11 is 3.07. The van der Waals surface area contributed by atoms with Gasteiger partial charge in [-0.25, -0.2) is 4.98 Å². The molecule has 2 heterocycles. The van der Waals surface area contributed by atoms with Crippen LogP contribution in [0.15, 0.2) is 64.3 Å². The van der Waals surface area contributed by atoms with Crippen LogP contribution < -0.4 is 10.2 Å². The zero-order chi connectivity index (χ0) is 23.2. The fourth-order valence-electron chi connectivity index (χ4n) is 4.94. The van der Waals surface area contributed by atoms with Crippen LogP contribution >= 0.6 is 23.1 Å². The number of hydrogen-bond acceptors (Lipinski definition) is 6. The van der Waals surface area contributed by atoms with Gasteiger partial charge in [0.05, 0.1) is 11.4 Å². The lowest BCUT2D eigenvalue weighted by molar-refractivity contribution is -0.113. The van der Waals surface area contributed by atoms with Crippen molar-refractivity contribution in [3.05, 3.63) is 60.0 Å². The van der Waals surface area contributed by atoms with E-state index in [0.29, 0.717) is 5.75 Å². The summed E-state index contributed by atoms with van der Waals surface area (Å²) in [6.45, 7) is 4.47. The third-order valence-electron chi connectivity index (χ3n) is 6.80. The van der Waals surface area contributed by atoms with Gasteiger partial charge in [0.15, 0.2) is 4.34 Å². The molecule has 0 spiro atoms. The number of nitrogens with zero attached hydrogens (tertiary/aromatic N) is 3. The highest BCUT2D eigenvalue weighted by molar-refractivity contribution is 8.01.